The molecule has 1 fully saturated rings. The Hall–Kier alpha value is -2.05. The van der Waals surface area contributed by atoms with Crippen LogP contribution in [-0.2, 0) is 0 Å². The first-order valence-corrected chi connectivity index (χ1v) is 10.7. The Balaban J connectivity index is 1.60. The topological polar surface area (TPSA) is 33.4 Å². The molecule has 0 radical (unpaired) electrons. The Kier molecular flexibility index (Phi) is 4.32. The van der Waals surface area contributed by atoms with Crippen LogP contribution in [0.25, 0.3) is 5.69 Å². The van der Waals surface area contributed by atoms with Crippen molar-refractivity contribution in [1.82, 2.24) is 14.5 Å². The lowest BCUT2D eigenvalue weighted by Gasteiger charge is -2.28. The van der Waals surface area contributed by atoms with E-state index in [1.54, 1.807) is 0 Å². The average Bonchev–Trinajstić information content (AvgIpc) is 3.37. The van der Waals surface area contributed by atoms with Crippen molar-refractivity contribution < 1.29 is 0 Å². The van der Waals surface area contributed by atoms with E-state index >= 15 is 0 Å². The number of aliphatic imine (C=N–C) groups is 1. The van der Waals surface area contributed by atoms with Crippen LogP contribution in [-0.4, -0.2) is 31.4 Å². The first-order chi connectivity index (χ1) is 13.2. The average molecular weight is 439 g/mol. The third kappa shape index (κ3) is 3.01. The lowest BCUT2D eigenvalue weighted by molar-refractivity contribution is 0.312. The van der Waals surface area contributed by atoms with E-state index in [-0.39, 0.29) is 12.1 Å². The van der Waals surface area contributed by atoms with E-state index in [0.717, 1.165) is 27.6 Å². The van der Waals surface area contributed by atoms with E-state index in [2.05, 4.69) is 86.0 Å². The van der Waals surface area contributed by atoms with Crippen molar-refractivity contribution in [1.29, 1.82) is 0 Å². The summed E-state index contributed by atoms with van der Waals surface area (Å²) in [7, 11) is 0. The van der Waals surface area contributed by atoms with Crippen LogP contribution in [0, 0.1) is 0 Å². The first-order valence-electron chi connectivity index (χ1n) is 9.06. The van der Waals surface area contributed by atoms with Crippen LogP contribution in [0.15, 0.2) is 76.5 Å². The second-order valence-corrected chi connectivity index (χ2v) is 9.24. The quantitative estimate of drug-likeness (QED) is 0.561. The molecule has 1 saturated heterocycles. The highest BCUT2D eigenvalue weighted by Gasteiger charge is 2.44. The van der Waals surface area contributed by atoms with Gasteiger partial charge in [-0.3, -0.25) is 9.98 Å². The van der Waals surface area contributed by atoms with Gasteiger partial charge in [-0.25, -0.2) is 0 Å². The van der Waals surface area contributed by atoms with Gasteiger partial charge in [-0.2, -0.15) is 0 Å². The zero-order valence-electron chi connectivity index (χ0n) is 14.9. The Bertz CT molecular complexity index is 983. The zero-order valence-corrected chi connectivity index (χ0v) is 17.3. The standard InChI is InChI=1S/C21H19BrN4S/c1-14-13-26-20(19(24-21(26)27-14)17-5-2-3-11-23-17)18-6-4-12-25(18)16-9-7-15(22)8-10-16/h2-12,14,19-20H,13H2,1H3. The van der Waals surface area contributed by atoms with E-state index in [9.17, 15) is 0 Å². The number of hydrogen-bond donors (Lipinski definition) is 0. The number of aromatic nitrogens is 2. The van der Waals surface area contributed by atoms with Crippen molar-refractivity contribution in [2.75, 3.05) is 6.54 Å². The van der Waals surface area contributed by atoms with Gasteiger partial charge < -0.3 is 9.47 Å². The van der Waals surface area contributed by atoms with Gasteiger partial charge in [0.1, 0.15) is 6.04 Å². The van der Waals surface area contributed by atoms with Gasteiger partial charge in [0.05, 0.1) is 11.7 Å². The molecule has 136 valence electrons. The molecular weight excluding hydrogens is 420 g/mol. The molecule has 6 heteroatoms. The number of halogens is 1. The molecular formula is C21H19BrN4S. The third-order valence-electron chi connectivity index (χ3n) is 5.07. The van der Waals surface area contributed by atoms with Gasteiger partial charge in [-0.05, 0) is 48.5 Å². The smallest absolute Gasteiger partial charge is 0.160 e. The molecule has 0 amide bonds. The minimum Gasteiger partial charge on any atom is -0.339 e. The maximum atomic E-state index is 5.08. The van der Waals surface area contributed by atoms with Gasteiger partial charge in [0.15, 0.2) is 5.17 Å². The fourth-order valence-electron chi connectivity index (χ4n) is 3.91. The molecule has 5 rings (SSSR count). The molecule has 0 spiro atoms. The molecule has 3 unspecified atom stereocenters. The van der Waals surface area contributed by atoms with Crippen molar-refractivity contribution in [2.24, 2.45) is 4.99 Å². The van der Waals surface area contributed by atoms with E-state index in [4.69, 9.17) is 4.99 Å². The Labute approximate surface area is 171 Å². The Morgan fingerprint density at radius 3 is 2.70 bits per heavy atom. The lowest BCUT2D eigenvalue weighted by atomic mass is 10.0. The van der Waals surface area contributed by atoms with Crippen LogP contribution in [0.2, 0.25) is 0 Å². The van der Waals surface area contributed by atoms with Gasteiger partial charge in [-0.1, -0.05) is 40.7 Å². The van der Waals surface area contributed by atoms with Crippen molar-refractivity contribution in [3.05, 3.63) is 82.9 Å². The highest BCUT2D eigenvalue weighted by atomic mass is 79.9. The van der Waals surface area contributed by atoms with Crippen LogP contribution < -0.4 is 0 Å². The van der Waals surface area contributed by atoms with E-state index in [1.807, 2.05) is 30.1 Å². The molecule has 4 nitrogen and oxygen atoms in total. The summed E-state index contributed by atoms with van der Waals surface area (Å²) in [5.74, 6) is 0. The van der Waals surface area contributed by atoms with Crippen molar-refractivity contribution in [2.45, 2.75) is 24.3 Å². The number of hydrogen-bond acceptors (Lipinski definition) is 4. The highest BCUT2D eigenvalue weighted by molar-refractivity contribution is 9.10. The van der Waals surface area contributed by atoms with E-state index < -0.39 is 0 Å². The summed E-state index contributed by atoms with van der Waals surface area (Å²) < 4.78 is 3.36. The van der Waals surface area contributed by atoms with Crippen molar-refractivity contribution >= 4 is 32.9 Å². The molecule has 2 aliphatic rings. The number of nitrogens with zero attached hydrogens (tertiary/aromatic N) is 4. The second kappa shape index (κ2) is 6.84. The summed E-state index contributed by atoms with van der Waals surface area (Å²) in [5.41, 5.74) is 3.44. The van der Waals surface area contributed by atoms with E-state index in [0.29, 0.717) is 5.25 Å². The number of benzene rings is 1. The molecule has 0 N–H and O–H groups in total. The molecule has 1 aromatic carbocycles. The fraction of sp³-hybridized carbons (Fsp3) is 0.238. The number of pyridine rings is 1. The predicted octanol–water partition coefficient (Wildman–Crippen LogP) is 5.22. The lowest BCUT2D eigenvalue weighted by Crippen LogP contribution is -2.30. The van der Waals surface area contributed by atoms with Crippen molar-refractivity contribution in [3.63, 3.8) is 0 Å². The zero-order chi connectivity index (χ0) is 18.4. The molecule has 0 bridgehead atoms. The summed E-state index contributed by atoms with van der Waals surface area (Å²) in [5, 5.41) is 1.71. The molecule has 0 aliphatic carbocycles. The fourth-order valence-corrected chi connectivity index (χ4v) is 5.27. The van der Waals surface area contributed by atoms with Crippen LogP contribution in [0.1, 0.15) is 30.4 Å². The maximum Gasteiger partial charge on any atom is 0.160 e. The number of amidine groups is 1. The van der Waals surface area contributed by atoms with Gasteiger partial charge >= 0.3 is 0 Å². The van der Waals surface area contributed by atoms with Crippen LogP contribution in [0.5, 0.6) is 0 Å². The molecule has 3 atom stereocenters. The number of fused-ring (bicyclic) bond motifs is 1. The summed E-state index contributed by atoms with van der Waals surface area (Å²) in [6.07, 6.45) is 4.00. The minimum atomic E-state index is 0.0188. The monoisotopic (exact) mass is 438 g/mol. The summed E-state index contributed by atoms with van der Waals surface area (Å²) in [4.78, 5) is 12.2. The predicted molar refractivity (Wildman–Crippen MR) is 114 cm³/mol. The van der Waals surface area contributed by atoms with Gasteiger partial charge in [0, 0.05) is 40.0 Å². The molecule has 27 heavy (non-hydrogen) atoms. The highest BCUT2D eigenvalue weighted by Crippen LogP contribution is 2.47. The molecule has 4 heterocycles. The Morgan fingerprint density at radius 2 is 1.93 bits per heavy atom. The molecule has 0 saturated carbocycles. The number of thioether (sulfide) groups is 1. The summed E-state index contributed by atoms with van der Waals surface area (Å²) in [6, 6.07) is 19.1. The molecule has 2 aromatic heterocycles. The normalized spacial score (nSPS) is 24.1. The van der Waals surface area contributed by atoms with Gasteiger partial charge in [-0.15, -0.1) is 0 Å². The van der Waals surface area contributed by atoms with Gasteiger partial charge in [0.2, 0.25) is 0 Å². The SMILES string of the molecule is CC1CN2C(=NC(c3ccccn3)C2c2cccn2-c2ccc(Br)cc2)S1. The third-order valence-corrected chi connectivity index (χ3v) is 6.70. The largest absolute Gasteiger partial charge is 0.339 e. The molecule has 2 aliphatic heterocycles. The van der Waals surface area contributed by atoms with Crippen LogP contribution >= 0.6 is 27.7 Å². The summed E-state index contributed by atoms with van der Waals surface area (Å²) >= 11 is 5.40. The Morgan fingerprint density at radius 1 is 1.07 bits per heavy atom. The van der Waals surface area contributed by atoms with Gasteiger partial charge in [0.25, 0.3) is 0 Å². The maximum absolute atomic E-state index is 5.08. The second-order valence-electron chi connectivity index (χ2n) is 6.92. The van der Waals surface area contributed by atoms with Crippen molar-refractivity contribution in [3.8, 4) is 5.69 Å². The number of rotatable bonds is 3. The molecule has 3 aromatic rings. The van der Waals surface area contributed by atoms with E-state index in [1.165, 1.54) is 5.69 Å². The first kappa shape index (κ1) is 17.1. The minimum absolute atomic E-state index is 0.0188. The van der Waals surface area contributed by atoms with Crippen LogP contribution in [0.3, 0.4) is 0 Å². The summed E-state index contributed by atoms with van der Waals surface area (Å²) in [6.45, 7) is 3.29. The van der Waals surface area contributed by atoms with Crippen LogP contribution in [0.4, 0.5) is 0 Å².